The number of nitrogens with one attached hydrogen (secondary N) is 1. The molecular weight excluding hydrogens is 252 g/mol. The lowest BCUT2D eigenvalue weighted by Crippen LogP contribution is -2.34. The van der Waals surface area contributed by atoms with Crippen LogP contribution < -0.4 is 10.9 Å². The summed E-state index contributed by atoms with van der Waals surface area (Å²) < 4.78 is 1.61. The number of nitrogens with zero attached hydrogens (tertiary/aromatic N) is 3. The Morgan fingerprint density at radius 2 is 2.35 bits per heavy atom. The first-order valence-corrected chi connectivity index (χ1v) is 6.55. The standard InChI is InChI=1S/C15H14N4O/c16-7-11-2-1-3-12(6-11)9-19-10-18-14-8-17-5-4-13(14)15(19)20/h1-3,6,10,17H,4-5,8-9H2. The molecule has 1 N–H and O–H groups in total. The molecule has 0 unspecified atom stereocenters. The molecule has 1 aliphatic heterocycles. The highest BCUT2D eigenvalue weighted by Gasteiger charge is 2.15. The van der Waals surface area contributed by atoms with Gasteiger partial charge in [0, 0.05) is 12.1 Å². The van der Waals surface area contributed by atoms with Crippen LogP contribution in [-0.4, -0.2) is 16.1 Å². The van der Waals surface area contributed by atoms with Crippen molar-refractivity contribution in [1.29, 1.82) is 5.26 Å². The van der Waals surface area contributed by atoms with Gasteiger partial charge in [0.1, 0.15) is 0 Å². The Morgan fingerprint density at radius 3 is 3.20 bits per heavy atom. The molecule has 0 saturated heterocycles. The van der Waals surface area contributed by atoms with Crippen LogP contribution in [-0.2, 0) is 19.5 Å². The Labute approximate surface area is 116 Å². The zero-order valence-corrected chi connectivity index (χ0v) is 11.0. The van der Waals surface area contributed by atoms with Gasteiger partial charge in [0.2, 0.25) is 0 Å². The summed E-state index contributed by atoms with van der Waals surface area (Å²) in [4.78, 5) is 16.8. The molecule has 1 aliphatic rings. The van der Waals surface area contributed by atoms with Crippen molar-refractivity contribution in [2.45, 2.75) is 19.5 Å². The van der Waals surface area contributed by atoms with E-state index in [1.54, 1.807) is 23.0 Å². The van der Waals surface area contributed by atoms with Crippen LogP contribution in [0.5, 0.6) is 0 Å². The van der Waals surface area contributed by atoms with Gasteiger partial charge in [-0.25, -0.2) is 4.98 Å². The number of fused-ring (bicyclic) bond motifs is 1. The maximum atomic E-state index is 12.4. The Kier molecular flexibility index (Phi) is 3.32. The SMILES string of the molecule is N#Cc1cccc(Cn2cnc3c(c2=O)CCNC3)c1. The van der Waals surface area contributed by atoms with E-state index in [-0.39, 0.29) is 5.56 Å². The molecule has 5 heteroatoms. The molecule has 0 bridgehead atoms. The number of hydrogen-bond donors (Lipinski definition) is 1. The maximum Gasteiger partial charge on any atom is 0.257 e. The highest BCUT2D eigenvalue weighted by atomic mass is 16.1. The Bertz CT molecular complexity index is 742. The van der Waals surface area contributed by atoms with E-state index in [9.17, 15) is 4.79 Å². The monoisotopic (exact) mass is 266 g/mol. The molecule has 0 saturated carbocycles. The van der Waals surface area contributed by atoms with Crippen LogP contribution in [0.25, 0.3) is 0 Å². The third kappa shape index (κ3) is 2.33. The second-order valence-electron chi connectivity index (χ2n) is 4.84. The van der Waals surface area contributed by atoms with Crippen molar-refractivity contribution in [1.82, 2.24) is 14.9 Å². The van der Waals surface area contributed by atoms with Crippen LogP contribution >= 0.6 is 0 Å². The third-order valence-electron chi connectivity index (χ3n) is 3.47. The van der Waals surface area contributed by atoms with Gasteiger partial charge in [0.15, 0.2) is 0 Å². The average molecular weight is 266 g/mol. The van der Waals surface area contributed by atoms with Crippen LogP contribution in [0.3, 0.4) is 0 Å². The molecule has 0 radical (unpaired) electrons. The van der Waals surface area contributed by atoms with Gasteiger partial charge in [-0.1, -0.05) is 12.1 Å². The molecule has 2 aromatic rings. The summed E-state index contributed by atoms with van der Waals surface area (Å²) in [5.74, 6) is 0. The smallest absolute Gasteiger partial charge is 0.257 e. The molecule has 20 heavy (non-hydrogen) atoms. The van der Waals surface area contributed by atoms with Crippen molar-refractivity contribution >= 4 is 0 Å². The normalized spacial score (nSPS) is 13.6. The summed E-state index contributed by atoms with van der Waals surface area (Å²) in [5, 5.41) is 12.1. The first-order valence-electron chi connectivity index (χ1n) is 6.55. The molecule has 0 fully saturated rings. The molecular formula is C15H14N4O. The van der Waals surface area contributed by atoms with Gasteiger partial charge in [-0.2, -0.15) is 5.26 Å². The van der Waals surface area contributed by atoms with Crippen molar-refractivity contribution in [3.05, 3.63) is 63.3 Å². The van der Waals surface area contributed by atoms with Crippen LogP contribution in [0.4, 0.5) is 0 Å². The minimum Gasteiger partial charge on any atom is -0.311 e. The number of benzene rings is 1. The van der Waals surface area contributed by atoms with Crippen LogP contribution in [0.15, 0.2) is 35.4 Å². The summed E-state index contributed by atoms with van der Waals surface area (Å²) in [6.45, 7) is 1.93. The van der Waals surface area contributed by atoms with E-state index in [4.69, 9.17) is 5.26 Å². The van der Waals surface area contributed by atoms with E-state index in [2.05, 4.69) is 16.4 Å². The van der Waals surface area contributed by atoms with Crippen molar-refractivity contribution in [3.8, 4) is 6.07 Å². The van der Waals surface area contributed by atoms with Crippen LogP contribution in [0, 0.1) is 11.3 Å². The van der Waals surface area contributed by atoms with Gasteiger partial charge in [-0.05, 0) is 30.7 Å². The van der Waals surface area contributed by atoms with Gasteiger partial charge in [-0.3, -0.25) is 9.36 Å². The van der Waals surface area contributed by atoms with E-state index < -0.39 is 0 Å². The predicted octanol–water partition coefficient (Wildman–Crippen LogP) is 0.809. The highest BCUT2D eigenvalue weighted by Crippen LogP contribution is 2.08. The summed E-state index contributed by atoms with van der Waals surface area (Å²) in [5.41, 5.74) is 3.22. The molecule has 5 nitrogen and oxygen atoms in total. The molecule has 1 aromatic carbocycles. The van der Waals surface area contributed by atoms with Crippen molar-refractivity contribution < 1.29 is 0 Å². The quantitative estimate of drug-likeness (QED) is 0.873. The van der Waals surface area contributed by atoms with Gasteiger partial charge in [0.25, 0.3) is 5.56 Å². The fraction of sp³-hybridized carbons (Fsp3) is 0.267. The summed E-state index contributed by atoms with van der Waals surface area (Å²) in [7, 11) is 0. The molecule has 2 heterocycles. The average Bonchev–Trinajstić information content (AvgIpc) is 2.50. The molecule has 0 amide bonds. The summed E-state index contributed by atoms with van der Waals surface area (Å²) in [6, 6.07) is 9.40. The van der Waals surface area contributed by atoms with Crippen LogP contribution in [0.2, 0.25) is 0 Å². The van der Waals surface area contributed by atoms with Gasteiger partial charge < -0.3 is 5.32 Å². The maximum absolute atomic E-state index is 12.4. The molecule has 0 aliphatic carbocycles. The highest BCUT2D eigenvalue weighted by molar-refractivity contribution is 5.33. The molecule has 0 spiro atoms. The minimum absolute atomic E-state index is 0.0267. The lowest BCUT2D eigenvalue weighted by Gasteiger charge is -2.16. The van der Waals surface area contributed by atoms with E-state index in [1.165, 1.54) is 0 Å². The number of hydrogen-bond acceptors (Lipinski definition) is 4. The third-order valence-corrected chi connectivity index (χ3v) is 3.47. The van der Waals surface area contributed by atoms with Crippen LogP contribution in [0.1, 0.15) is 22.4 Å². The first-order chi connectivity index (χ1) is 9.78. The van der Waals surface area contributed by atoms with Gasteiger partial charge >= 0.3 is 0 Å². The molecule has 0 atom stereocenters. The first kappa shape index (κ1) is 12.6. The summed E-state index contributed by atoms with van der Waals surface area (Å²) >= 11 is 0. The second kappa shape index (κ2) is 5.27. The molecule has 3 rings (SSSR count). The van der Waals surface area contributed by atoms with E-state index in [1.807, 2.05) is 12.1 Å². The summed E-state index contributed by atoms with van der Waals surface area (Å²) in [6.07, 6.45) is 2.31. The Balaban J connectivity index is 1.95. The van der Waals surface area contributed by atoms with Crippen molar-refractivity contribution in [2.75, 3.05) is 6.54 Å². The predicted molar refractivity (Wildman–Crippen MR) is 74.2 cm³/mol. The Morgan fingerprint density at radius 1 is 1.45 bits per heavy atom. The largest absolute Gasteiger partial charge is 0.311 e. The topological polar surface area (TPSA) is 70.7 Å². The number of nitriles is 1. The van der Waals surface area contributed by atoms with Crippen molar-refractivity contribution in [3.63, 3.8) is 0 Å². The minimum atomic E-state index is 0.0267. The number of aromatic nitrogens is 2. The Hall–Kier alpha value is -2.45. The zero-order valence-electron chi connectivity index (χ0n) is 11.0. The molecule has 1 aromatic heterocycles. The fourth-order valence-corrected chi connectivity index (χ4v) is 2.44. The molecule has 100 valence electrons. The lowest BCUT2D eigenvalue weighted by molar-refractivity contribution is 0.596. The zero-order chi connectivity index (χ0) is 13.9. The second-order valence-corrected chi connectivity index (χ2v) is 4.84. The van der Waals surface area contributed by atoms with E-state index >= 15 is 0 Å². The fourth-order valence-electron chi connectivity index (χ4n) is 2.44. The van der Waals surface area contributed by atoms with E-state index in [0.717, 1.165) is 29.8 Å². The van der Waals surface area contributed by atoms with Crippen molar-refractivity contribution in [2.24, 2.45) is 0 Å². The lowest BCUT2D eigenvalue weighted by atomic mass is 10.1. The van der Waals surface area contributed by atoms with Gasteiger partial charge in [-0.15, -0.1) is 0 Å². The van der Waals surface area contributed by atoms with Gasteiger partial charge in [0.05, 0.1) is 30.2 Å². The number of rotatable bonds is 2. The van der Waals surface area contributed by atoms with E-state index in [0.29, 0.717) is 18.7 Å².